The molecule has 0 aliphatic carbocycles. The van der Waals surface area contributed by atoms with Crippen molar-refractivity contribution >= 4 is 33.4 Å². The first-order chi connectivity index (χ1) is 11.2. The number of aromatic amines is 1. The number of H-pyrrole nitrogens is 1. The molecule has 5 heteroatoms. The maximum atomic E-state index is 12.7. The topological polar surface area (TPSA) is 50.7 Å². The van der Waals surface area contributed by atoms with Gasteiger partial charge in [-0.3, -0.25) is 9.36 Å². The van der Waals surface area contributed by atoms with Crippen LogP contribution in [-0.2, 0) is 13.0 Å². The number of fused-ring (bicyclic) bond motifs is 6. The van der Waals surface area contributed by atoms with Crippen LogP contribution in [0.4, 0.5) is 0 Å². The number of nitrogens with one attached hydrogen (secondary N) is 1. The quantitative estimate of drug-likeness (QED) is 0.536. The van der Waals surface area contributed by atoms with E-state index in [1.54, 1.807) is 4.57 Å². The number of hydrogen-bond acceptors (Lipinski definition) is 2. The second kappa shape index (κ2) is 4.46. The van der Waals surface area contributed by atoms with Gasteiger partial charge in [-0.05, 0) is 42.3 Å². The van der Waals surface area contributed by atoms with Crippen LogP contribution in [0.5, 0.6) is 0 Å². The van der Waals surface area contributed by atoms with Gasteiger partial charge in [0.1, 0.15) is 0 Å². The van der Waals surface area contributed by atoms with E-state index in [4.69, 9.17) is 16.6 Å². The van der Waals surface area contributed by atoms with Gasteiger partial charge >= 0.3 is 0 Å². The first kappa shape index (κ1) is 12.9. The lowest BCUT2D eigenvalue weighted by atomic mass is 10.0. The van der Waals surface area contributed by atoms with Crippen molar-refractivity contribution in [2.24, 2.45) is 0 Å². The molecular formula is C18H12ClN3O. The Morgan fingerprint density at radius 1 is 1.13 bits per heavy atom. The van der Waals surface area contributed by atoms with Gasteiger partial charge in [0.25, 0.3) is 5.56 Å². The summed E-state index contributed by atoms with van der Waals surface area (Å²) in [5, 5.41) is 2.49. The van der Waals surface area contributed by atoms with E-state index in [2.05, 4.69) is 4.98 Å². The number of halogens is 1. The van der Waals surface area contributed by atoms with E-state index in [1.807, 2.05) is 42.5 Å². The lowest BCUT2D eigenvalue weighted by molar-refractivity contribution is 0.653. The van der Waals surface area contributed by atoms with Crippen molar-refractivity contribution in [1.82, 2.24) is 14.5 Å². The van der Waals surface area contributed by atoms with Crippen molar-refractivity contribution in [2.75, 3.05) is 0 Å². The van der Waals surface area contributed by atoms with Crippen LogP contribution in [0.25, 0.3) is 33.3 Å². The summed E-state index contributed by atoms with van der Waals surface area (Å²) in [5.74, 6) is 0.710. The monoisotopic (exact) mass is 321 g/mol. The fourth-order valence-corrected chi connectivity index (χ4v) is 3.63. The van der Waals surface area contributed by atoms with Crippen molar-refractivity contribution in [3.05, 3.63) is 63.4 Å². The summed E-state index contributed by atoms with van der Waals surface area (Å²) in [4.78, 5) is 20.9. The number of aromatic nitrogens is 3. The van der Waals surface area contributed by atoms with Crippen LogP contribution in [0.15, 0.2) is 47.3 Å². The van der Waals surface area contributed by atoms with Gasteiger partial charge in [0.05, 0.1) is 16.6 Å². The molecule has 4 nitrogen and oxygen atoms in total. The van der Waals surface area contributed by atoms with Crippen molar-refractivity contribution in [2.45, 2.75) is 13.0 Å². The van der Waals surface area contributed by atoms with Gasteiger partial charge in [-0.15, -0.1) is 0 Å². The molecule has 1 aliphatic rings. The summed E-state index contributed by atoms with van der Waals surface area (Å²) in [6.45, 7) is 0.637. The number of nitrogens with zero attached hydrogens (tertiary/aromatic N) is 2. The molecule has 2 aromatic heterocycles. The van der Waals surface area contributed by atoms with E-state index in [-0.39, 0.29) is 5.56 Å². The maximum Gasteiger partial charge on any atom is 0.261 e. The molecule has 0 unspecified atom stereocenters. The van der Waals surface area contributed by atoms with Gasteiger partial charge in [0.15, 0.2) is 5.82 Å². The molecule has 0 radical (unpaired) electrons. The van der Waals surface area contributed by atoms with Crippen LogP contribution >= 0.6 is 11.6 Å². The molecule has 0 saturated carbocycles. The van der Waals surface area contributed by atoms with Crippen molar-refractivity contribution < 1.29 is 0 Å². The van der Waals surface area contributed by atoms with E-state index < -0.39 is 0 Å². The Hall–Kier alpha value is -2.59. The second-order valence-corrected chi connectivity index (χ2v) is 6.26. The van der Waals surface area contributed by atoms with Gasteiger partial charge in [-0.1, -0.05) is 23.7 Å². The van der Waals surface area contributed by atoms with Crippen molar-refractivity contribution in [3.63, 3.8) is 0 Å². The lowest BCUT2D eigenvalue weighted by Crippen LogP contribution is -2.27. The van der Waals surface area contributed by atoms with Gasteiger partial charge in [-0.2, -0.15) is 0 Å². The van der Waals surface area contributed by atoms with Crippen LogP contribution in [-0.4, -0.2) is 14.5 Å². The molecule has 23 heavy (non-hydrogen) atoms. The molecule has 5 rings (SSSR count). The van der Waals surface area contributed by atoms with Crippen LogP contribution in [0, 0.1) is 0 Å². The van der Waals surface area contributed by atoms with E-state index in [0.29, 0.717) is 22.8 Å². The third kappa shape index (κ3) is 1.72. The summed E-state index contributed by atoms with van der Waals surface area (Å²) in [7, 11) is 0. The highest BCUT2D eigenvalue weighted by Crippen LogP contribution is 2.34. The summed E-state index contributed by atoms with van der Waals surface area (Å²) >= 11 is 6.14. The highest BCUT2D eigenvalue weighted by Gasteiger charge is 2.23. The molecule has 0 fully saturated rings. The summed E-state index contributed by atoms with van der Waals surface area (Å²) in [6.07, 6.45) is 0.794. The van der Waals surface area contributed by atoms with Crippen LogP contribution in [0.2, 0.25) is 5.02 Å². The first-order valence-electron chi connectivity index (χ1n) is 7.52. The fraction of sp³-hybridized carbons (Fsp3) is 0.111. The number of para-hydroxylation sites is 1. The summed E-state index contributed by atoms with van der Waals surface area (Å²) < 4.78 is 1.77. The van der Waals surface area contributed by atoms with E-state index in [9.17, 15) is 4.79 Å². The minimum atomic E-state index is 0.0212. The Bertz CT molecular complexity index is 1160. The van der Waals surface area contributed by atoms with Gasteiger partial charge in [0, 0.05) is 22.5 Å². The largest absolute Gasteiger partial charge is 0.352 e. The molecule has 4 aromatic rings. The third-order valence-electron chi connectivity index (χ3n) is 4.54. The highest BCUT2D eigenvalue weighted by molar-refractivity contribution is 6.31. The normalized spacial score (nSPS) is 13.3. The van der Waals surface area contributed by atoms with Crippen LogP contribution < -0.4 is 5.56 Å². The maximum absolute atomic E-state index is 12.7. The second-order valence-electron chi connectivity index (χ2n) is 5.83. The summed E-state index contributed by atoms with van der Waals surface area (Å²) in [6, 6.07) is 13.3. The zero-order valence-electron chi connectivity index (χ0n) is 12.1. The Labute approximate surface area is 136 Å². The van der Waals surface area contributed by atoms with Crippen LogP contribution in [0.1, 0.15) is 5.56 Å². The molecule has 0 atom stereocenters. The van der Waals surface area contributed by atoms with Gasteiger partial charge in [0.2, 0.25) is 0 Å². The standard InChI is InChI=1S/C18H12ClN3O/c19-10-5-6-15-13(9-10)11-7-8-22-17(16(11)20-15)21-14-4-2-1-3-12(14)18(22)23/h1-6,9,20H,7-8H2. The number of benzene rings is 2. The Balaban J connectivity index is 1.90. The molecule has 3 heterocycles. The van der Waals surface area contributed by atoms with Gasteiger partial charge < -0.3 is 4.98 Å². The Morgan fingerprint density at radius 2 is 2.00 bits per heavy atom. The van der Waals surface area contributed by atoms with Crippen molar-refractivity contribution in [1.29, 1.82) is 0 Å². The van der Waals surface area contributed by atoms with Crippen LogP contribution in [0.3, 0.4) is 0 Å². The van der Waals surface area contributed by atoms with Crippen molar-refractivity contribution in [3.8, 4) is 11.5 Å². The number of hydrogen-bond donors (Lipinski definition) is 1. The first-order valence-corrected chi connectivity index (χ1v) is 7.90. The lowest BCUT2D eigenvalue weighted by Gasteiger charge is -2.18. The molecule has 112 valence electrons. The SMILES string of the molecule is O=c1c2ccccc2nc2n1CCc1c-2[nH]c2ccc(Cl)cc12. The molecule has 0 saturated heterocycles. The Morgan fingerprint density at radius 3 is 2.91 bits per heavy atom. The van der Waals surface area contributed by atoms with E-state index in [1.165, 1.54) is 5.56 Å². The molecule has 0 amide bonds. The average molecular weight is 322 g/mol. The number of rotatable bonds is 0. The summed E-state index contributed by atoms with van der Waals surface area (Å²) in [5.41, 5.74) is 3.89. The predicted octanol–water partition coefficient (Wildman–Crippen LogP) is 3.75. The third-order valence-corrected chi connectivity index (χ3v) is 4.77. The molecular weight excluding hydrogens is 310 g/mol. The molecule has 1 N–H and O–H groups in total. The molecule has 1 aliphatic heterocycles. The average Bonchev–Trinajstić information content (AvgIpc) is 2.93. The fourth-order valence-electron chi connectivity index (χ4n) is 3.46. The minimum absolute atomic E-state index is 0.0212. The number of aryl methyl sites for hydroxylation is 1. The molecule has 0 bridgehead atoms. The van der Waals surface area contributed by atoms with Gasteiger partial charge in [-0.25, -0.2) is 4.98 Å². The van der Waals surface area contributed by atoms with E-state index >= 15 is 0 Å². The Kier molecular flexibility index (Phi) is 2.50. The smallest absolute Gasteiger partial charge is 0.261 e. The zero-order chi connectivity index (χ0) is 15.6. The predicted molar refractivity (Wildman–Crippen MR) is 92.0 cm³/mol. The highest BCUT2D eigenvalue weighted by atomic mass is 35.5. The minimum Gasteiger partial charge on any atom is -0.352 e. The molecule has 0 spiro atoms. The van der Waals surface area contributed by atoms with E-state index in [0.717, 1.165) is 28.5 Å². The molecule has 2 aromatic carbocycles. The zero-order valence-corrected chi connectivity index (χ0v) is 12.9.